The number of amides is 1. The minimum absolute atomic E-state index is 0.0263. The second kappa shape index (κ2) is 8.64. The van der Waals surface area contributed by atoms with Crippen LogP contribution in [-0.2, 0) is 4.79 Å². The number of phenolic OH excluding ortho intramolecular Hbond substituents is 1. The first-order chi connectivity index (χ1) is 16.7. The average Bonchev–Trinajstić information content (AvgIpc) is 3.37. The molecule has 1 amide bonds. The summed E-state index contributed by atoms with van der Waals surface area (Å²) in [4.78, 5) is 28.3. The van der Waals surface area contributed by atoms with Crippen molar-refractivity contribution < 1.29 is 24.2 Å². The highest BCUT2D eigenvalue weighted by molar-refractivity contribution is 6.31. The van der Waals surface area contributed by atoms with E-state index in [9.17, 15) is 19.8 Å². The van der Waals surface area contributed by atoms with Crippen molar-refractivity contribution >= 4 is 39.9 Å². The van der Waals surface area contributed by atoms with Gasteiger partial charge in [-0.05, 0) is 65.6 Å². The molecule has 6 nitrogen and oxygen atoms in total. The quantitative estimate of drug-likeness (QED) is 0.306. The fourth-order valence-corrected chi connectivity index (χ4v) is 4.57. The summed E-state index contributed by atoms with van der Waals surface area (Å²) in [6.07, 6.45) is 0. The number of hydrogen-bond acceptors (Lipinski definition) is 5. The van der Waals surface area contributed by atoms with E-state index >= 15 is 0 Å². The van der Waals surface area contributed by atoms with Gasteiger partial charge in [-0.2, -0.15) is 0 Å². The first-order valence-corrected chi connectivity index (χ1v) is 11.5. The predicted octanol–water partition coefficient (Wildman–Crippen LogP) is 6.70. The van der Waals surface area contributed by atoms with E-state index in [-0.39, 0.29) is 17.1 Å². The number of ketones is 1. The number of furan rings is 1. The number of halogens is 1. The molecule has 0 aliphatic carbocycles. The molecule has 1 aromatic heterocycles. The minimum atomic E-state index is -0.969. The lowest BCUT2D eigenvalue weighted by Crippen LogP contribution is -2.31. The number of phenols is 1. The van der Waals surface area contributed by atoms with Crippen LogP contribution in [0.2, 0.25) is 5.02 Å². The lowest BCUT2D eigenvalue weighted by molar-refractivity contribution is -0.117. The van der Waals surface area contributed by atoms with Crippen LogP contribution in [0.4, 0.5) is 5.69 Å². The van der Waals surface area contributed by atoms with Crippen LogP contribution in [0.25, 0.3) is 11.0 Å². The number of benzene rings is 3. The van der Waals surface area contributed by atoms with Crippen molar-refractivity contribution in [3.8, 4) is 5.75 Å². The van der Waals surface area contributed by atoms with Crippen LogP contribution < -0.4 is 4.90 Å². The fraction of sp³-hybridized carbons (Fsp3) is 0.143. The zero-order chi connectivity index (χ0) is 24.9. The molecule has 0 saturated heterocycles. The van der Waals surface area contributed by atoms with Crippen molar-refractivity contribution in [2.24, 2.45) is 0 Å². The zero-order valence-corrected chi connectivity index (χ0v) is 19.8. The monoisotopic (exact) mass is 487 g/mol. The summed E-state index contributed by atoms with van der Waals surface area (Å²) < 4.78 is 5.74. The van der Waals surface area contributed by atoms with Gasteiger partial charge in [0.25, 0.3) is 5.91 Å². The highest BCUT2D eigenvalue weighted by atomic mass is 35.5. The SMILES string of the molecule is CC(C)c1ccc(N2C(=O)C(O)=C(C(=O)c3cc4cc(Cl)ccc4o3)C2c2cccc(O)c2)cc1. The molecule has 1 atom stereocenters. The maximum atomic E-state index is 13.7. The number of aliphatic hydroxyl groups is 1. The molecule has 0 saturated carbocycles. The van der Waals surface area contributed by atoms with Gasteiger partial charge < -0.3 is 14.6 Å². The molecular weight excluding hydrogens is 466 g/mol. The predicted molar refractivity (Wildman–Crippen MR) is 134 cm³/mol. The molecule has 35 heavy (non-hydrogen) atoms. The number of carbonyl (C=O) groups is 2. The highest BCUT2D eigenvalue weighted by Crippen LogP contribution is 2.43. The van der Waals surface area contributed by atoms with Crippen LogP contribution in [0.5, 0.6) is 5.75 Å². The van der Waals surface area contributed by atoms with Gasteiger partial charge in [-0.25, -0.2) is 0 Å². The van der Waals surface area contributed by atoms with Crippen LogP contribution in [0.15, 0.2) is 88.5 Å². The van der Waals surface area contributed by atoms with E-state index < -0.39 is 23.5 Å². The molecule has 1 unspecified atom stereocenters. The molecule has 2 heterocycles. The molecule has 4 aromatic rings. The van der Waals surface area contributed by atoms with Crippen LogP contribution in [-0.4, -0.2) is 21.9 Å². The molecule has 1 aliphatic rings. The Morgan fingerprint density at radius 1 is 1.00 bits per heavy atom. The first-order valence-electron chi connectivity index (χ1n) is 11.1. The Morgan fingerprint density at radius 3 is 2.43 bits per heavy atom. The molecule has 0 radical (unpaired) electrons. The molecule has 5 rings (SSSR count). The van der Waals surface area contributed by atoms with Gasteiger partial charge in [-0.15, -0.1) is 0 Å². The summed E-state index contributed by atoms with van der Waals surface area (Å²) in [5.41, 5.74) is 2.40. The number of aliphatic hydroxyl groups excluding tert-OH is 1. The lowest BCUT2D eigenvalue weighted by atomic mass is 9.94. The van der Waals surface area contributed by atoms with Crippen molar-refractivity contribution in [2.75, 3.05) is 4.90 Å². The summed E-state index contributed by atoms with van der Waals surface area (Å²) >= 11 is 6.06. The number of hydrogen-bond donors (Lipinski definition) is 2. The molecular formula is C28H22ClNO5. The van der Waals surface area contributed by atoms with E-state index in [0.717, 1.165) is 5.56 Å². The summed E-state index contributed by atoms with van der Waals surface area (Å²) in [6.45, 7) is 4.13. The van der Waals surface area contributed by atoms with Gasteiger partial charge in [-0.3, -0.25) is 14.5 Å². The molecule has 3 aromatic carbocycles. The van der Waals surface area contributed by atoms with E-state index in [1.165, 1.54) is 23.1 Å². The number of carbonyl (C=O) groups excluding carboxylic acids is 2. The van der Waals surface area contributed by atoms with Crippen molar-refractivity contribution in [1.29, 1.82) is 0 Å². The molecule has 0 fully saturated rings. The Labute approximate surface area is 206 Å². The number of fused-ring (bicyclic) bond motifs is 1. The third-order valence-corrected chi connectivity index (χ3v) is 6.41. The second-order valence-electron chi connectivity index (χ2n) is 8.80. The van der Waals surface area contributed by atoms with Gasteiger partial charge in [0, 0.05) is 16.1 Å². The molecule has 2 N–H and O–H groups in total. The topological polar surface area (TPSA) is 91.0 Å². The zero-order valence-electron chi connectivity index (χ0n) is 19.0. The van der Waals surface area contributed by atoms with E-state index in [4.69, 9.17) is 16.0 Å². The number of anilines is 1. The number of rotatable bonds is 5. The van der Waals surface area contributed by atoms with Crippen LogP contribution in [0, 0.1) is 0 Å². The Kier molecular flexibility index (Phi) is 5.61. The summed E-state index contributed by atoms with van der Waals surface area (Å²) in [6, 6.07) is 19.2. The van der Waals surface area contributed by atoms with Gasteiger partial charge in [0.15, 0.2) is 11.5 Å². The minimum Gasteiger partial charge on any atom is -0.508 e. The fourth-order valence-electron chi connectivity index (χ4n) is 4.39. The molecule has 176 valence electrons. The van der Waals surface area contributed by atoms with Crippen LogP contribution in [0.3, 0.4) is 0 Å². The summed E-state index contributed by atoms with van der Waals surface area (Å²) in [5, 5.41) is 22.2. The largest absolute Gasteiger partial charge is 0.508 e. The maximum Gasteiger partial charge on any atom is 0.294 e. The summed E-state index contributed by atoms with van der Waals surface area (Å²) in [5.74, 6) is -1.75. The third kappa shape index (κ3) is 3.96. The number of Topliss-reactive ketones (excluding diaryl/α,β-unsaturated/α-hetero) is 1. The van der Waals surface area contributed by atoms with Crippen molar-refractivity contribution in [1.82, 2.24) is 0 Å². The normalized spacial score (nSPS) is 16.1. The van der Waals surface area contributed by atoms with Crippen molar-refractivity contribution in [3.63, 3.8) is 0 Å². The Balaban J connectivity index is 1.64. The first kappa shape index (κ1) is 22.7. The number of nitrogens with zero attached hydrogens (tertiary/aromatic N) is 1. The Morgan fingerprint density at radius 2 is 1.74 bits per heavy atom. The van der Waals surface area contributed by atoms with E-state index in [2.05, 4.69) is 13.8 Å². The molecule has 1 aliphatic heterocycles. The van der Waals surface area contributed by atoms with Crippen LogP contribution >= 0.6 is 11.6 Å². The van der Waals surface area contributed by atoms with Crippen molar-refractivity contribution in [2.45, 2.75) is 25.8 Å². The summed E-state index contributed by atoms with van der Waals surface area (Å²) in [7, 11) is 0. The van der Waals surface area contributed by atoms with E-state index in [1.807, 2.05) is 12.1 Å². The number of aromatic hydroxyl groups is 1. The Bertz CT molecular complexity index is 1500. The van der Waals surface area contributed by atoms with Gasteiger partial charge in [0.05, 0.1) is 11.6 Å². The van der Waals surface area contributed by atoms with Crippen molar-refractivity contribution in [3.05, 3.63) is 106 Å². The standard InChI is InChI=1S/C28H22ClNO5/c1-15(2)16-6-9-20(10-7-16)30-25(17-4-3-5-21(31)13-17)24(27(33)28(30)34)26(32)23-14-18-12-19(29)8-11-22(18)35-23/h3-15,25,31,33H,1-2H3. The van der Waals surface area contributed by atoms with Gasteiger partial charge in [0.1, 0.15) is 11.3 Å². The second-order valence-corrected chi connectivity index (χ2v) is 9.24. The Hall–Kier alpha value is -4.03. The molecule has 0 bridgehead atoms. The smallest absolute Gasteiger partial charge is 0.294 e. The van der Waals surface area contributed by atoms with E-state index in [1.54, 1.807) is 42.5 Å². The maximum absolute atomic E-state index is 13.7. The lowest BCUT2D eigenvalue weighted by Gasteiger charge is -2.27. The van der Waals surface area contributed by atoms with Gasteiger partial charge in [-0.1, -0.05) is 49.7 Å². The van der Waals surface area contributed by atoms with Gasteiger partial charge >= 0.3 is 0 Å². The van der Waals surface area contributed by atoms with Gasteiger partial charge in [0.2, 0.25) is 5.78 Å². The molecule has 7 heteroatoms. The van der Waals surface area contributed by atoms with Crippen LogP contribution in [0.1, 0.15) is 47.5 Å². The molecule has 0 spiro atoms. The highest BCUT2D eigenvalue weighted by Gasteiger charge is 2.45. The third-order valence-electron chi connectivity index (χ3n) is 6.18. The average molecular weight is 488 g/mol. The van der Waals surface area contributed by atoms with E-state index in [0.29, 0.717) is 33.2 Å².